The van der Waals surface area contributed by atoms with E-state index in [2.05, 4.69) is 10.6 Å². The number of piperazine rings is 1. The highest BCUT2D eigenvalue weighted by Crippen LogP contribution is 2.31. The minimum absolute atomic E-state index is 0.0400. The van der Waals surface area contributed by atoms with E-state index in [0.717, 1.165) is 19.5 Å². The normalized spacial score (nSPS) is 26.3. The monoisotopic (exact) mass is 283 g/mol. The van der Waals surface area contributed by atoms with Crippen molar-refractivity contribution >= 4 is 17.8 Å². The van der Waals surface area contributed by atoms with Crippen LogP contribution in [0.15, 0.2) is 0 Å². The Balaban J connectivity index is 1.79. The van der Waals surface area contributed by atoms with Crippen LogP contribution in [0.3, 0.4) is 0 Å². The Morgan fingerprint density at radius 1 is 1.15 bits per heavy atom. The van der Waals surface area contributed by atoms with Gasteiger partial charge in [-0.15, -0.1) is 0 Å². The predicted octanol–water partition coefficient (Wildman–Crippen LogP) is -0.965. The Kier molecular flexibility index (Phi) is 4.94. The summed E-state index contributed by atoms with van der Waals surface area (Å²) in [6.07, 6.45) is 1.88. The second-order valence-corrected chi connectivity index (χ2v) is 5.33. The number of hydrogen-bond acceptors (Lipinski definition) is 4. The summed E-state index contributed by atoms with van der Waals surface area (Å²) in [5.41, 5.74) is 0. The van der Waals surface area contributed by atoms with Crippen LogP contribution in [0.25, 0.3) is 0 Å². The molecule has 2 aliphatic rings. The van der Waals surface area contributed by atoms with E-state index >= 15 is 0 Å². The van der Waals surface area contributed by atoms with Crippen LogP contribution in [-0.2, 0) is 14.4 Å². The van der Waals surface area contributed by atoms with E-state index in [1.54, 1.807) is 4.90 Å². The van der Waals surface area contributed by atoms with Crippen LogP contribution >= 0.6 is 0 Å². The van der Waals surface area contributed by atoms with Gasteiger partial charge in [0.05, 0.1) is 18.4 Å². The van der Waals surface area contributed by atoms with Crippen molar-refractivity contribution in [3.63, 3.8) is 0 Å². The summed E-state index contributed by atoms with van der Waals surface area (Å²) in [6.45, 7) is 2.79. The van der Waals surface area contributed by atoms with Gasteiger partial charge in [-0.2, -0.15) is 0 Å². The number of nitrogens with one attached hydrogen (secondary N) is 2. The summed E-state index contributed by atoms with van der Waals surface area (Å²) in [5.74, 6) is -2.44. The molecule has 0 radical (unpaired) electrons. The first-order chi connectivity index (χ1) is 9.59. The predicted molar refractivity (Wildman–Crippen MR) is 70.9 cm³/mol. The highest BCUT2D eigenvalue weighted by atomic mass is 16.4. The lowest BCUT2D eigenvalue weighted by atomic mass is 9.95. The summed E-state index contributed by atoms with van der Waals surface area (Å²) >= 11 is 0. The maximum absolute atomic E-state index is 12.0. The molecule has 112 valence electrons. The molecule has 2 unspecified atom stereocenters. The van der Waals surface area contributed by atoms with Crippen LogP contribution in [0, 0.1) is 11.8 Å². The lowest BCUT2D eigenvalue weighted by molar-refractivity contribution is -0.146. The van der Waals surface area contributed by atoms with E-state index < -0.39 is 17.8 Å². The summed E-state index contributed by atoms with van der Waals surface area (Å²) in [6, 6.07) is 0. The molecule has 1 heterocycles. The van der Waals surface area contributed by atoms with E-state index in [1.165, 1.54) is 0 Å². The quantitative estimate of drug-likeness (QED) is 0.617. The van der Waals surface area contributed by atoms with Crippen molar-refractivity contribution in [1.29, 1.82) is 0 Å². The molecule has 2 rings (SSSR count). The zero-order valence-corrected chi connectivity index (χ0v) is 11.4. The highest BCUT2D eigenvalue weighted by Gasteiger charge is 2.37. The third-order valence-corrected chi connectivity index (χ3v) is 4.05. The van der Waals surface area contributed by atoms with Crippen LogP contribution in [0.1, 0.15) is 19.3 Å². The van der Waals surface area contributed by atoms with E-state index in [-0.39, 0.29) is 18.4 Å². The minimum Gasteiger partial charge on any atom is -0.481 e. The van der Waals surface area contributed by atoms with Crippen molar-refractivity contribution in [3.05, 3.63) is 0 Å². The average Bonchev–Trinajstić information content (AvgIpc) is 2.95. The summed E-state index contributed by atoms with van der Waals surface area (Å²) < 4.78 is 0. The molecule has 2 fully saturated rings. The van der Waals surface area contributed by atoms with Gasteiger partial charge in [-0.1, -0.05) is 6.42 Å². The molecule has 0 spiro atoms. The molecule has 7 nitrogen and oxygen atoms in total. The third kappa shape index (κ3) is 3.47. The van der Waals surface area contributed by atoms with Gasteiger partial charge in [0.15, 0.2) is 0 Å². The number of carbonyl (C=O) groups excluding carboxylic acids is 2. The number of carboxylic acids is 1. The molecule has 0 aromatic rings. The van der Waals surface area contributed by atoms with Gasteiger partial charge in [-0.3, -0.25) is 14.4 Å². The van der Waals surface area contributed by atoms with E-state index in [4.69, 9.17) is 5.11 Å². The zero-order chi connectivity index (χ0) is 14.5. The van der Waals surface area contributed by atoms with Gasteiger partial charge in [-0.25, -0.2) is 0 Å². The molecule has 20 heavy (non-hydrogen) atoms. The first kappa shape index (κ1) is 14.8. The first-order valence-corrected chi connectivity index (χ1v) is 7.08. The van der Waals surface area contributed by atoms with Crippen LogP contribution in [0.5, 0.6) is 0 Å². The lowest BCUT2D eigenvalue weighted by Crippen LogP contribution is -2.50. The van der Waals surface area contributed by atoms with Crippen molar-refractivity contribution in [3.8, 4) is 0 Å². The van der Waals surface area contributed by atoms with Gasteiger partial charge in [0, 0.05) is 26.2 Å². The Bertz CT molecular complexity index is 393. The fourth-order valence-corrected chi connectivity index (χ4v) is 2.89. The van der Waals surface area contributed by atoms with Crippen LogP contribution in [0.2, 0.25) is 0 Å². The number of aliphatic carboxylic acids is 1. The van der Waals surface area contributed by atoms with Crippen molar-refractivity contribution in [2.75, 3.05) is 32.7 Å². The fraction of sp³-hybridized carbons (Fsp3) is 0.769. The maximum atomic E-state index is 12.0. The van der Waals surface area contributed by atoms with Gasteiger partial charge >= 0.3 is 5.97 Å². The Morgan fingerprint density at radius 2 is 1.80 bits per heavy atom. The molecule has 1 aliphatic carbocycles. The van der Waals surface area contributed by atoms with Gasteiger partial charge in [0.25, 0.3) is 0 Å². The topological polar surface area (TPSA) is 98.7 Å². The molecule has 2 amide bonds. The number of nitrogens with zero attached hydrogens (tertiary/aromatic N) is 1. The van der Waals surface area contributed by atoms with Gasteiger partial charge in [0.2, 0.25) is 11.8 Å². The summed E-state index contributed by atoms with van der Waals surface area (Å²) in [7, 11) is 0. The van der Waals surface area contributed by atoms with E-state index in [9.17, 15) is 14.4 Å². The van der Waals surface area contributed by atoms with Crippen molar-refractivity contribution < 1.29 is 19.5 Å². The number of carboxylic acid groups (broad SMARTS) is 1. The van der Waals surface area contributed by atoms with E-state index in [1.807, 2.05) is 0 Å². The molecule has 3 N–H and O–H groups in total. The molecular weight excluding hydrogens is 262 g/mol. The second kappa shape index (κ2) is 6.69. The van der Waals surface area contributed by atoms with Crippen LogP contribution < -0.4 is 10.6 Å². The van der Waals surface area contributed by atoms with Crippen molar-refractivity contribution in [2.45, 2.75) is 19.3 Å². The number of rotatable bonds is 4. The Labute approximate surface area is 117 Å². The molecule has 0 bridgehead atoms. The fourth-order valence-electron chi connectivity index (χ4n) is 2.89. The molecule has 1 aliphatic heterocycles. The standard InChI is InChI=1S/C13H21N3O4/c17-11(16-6-4-14-5-7-16)8-15-12(18)9-2-1-3-10(9)13(19)20/h9-10,14H,1-8H2,(H,15,18)(H,19,20). The molecule has 1 saturated heterocycles. The summed E-state index contributed by atoms with van der Waals surface area (Å²) in [5, 5.41) is 14.8. The van der Waals surface area contributed by atoms with Crippen LogP contribution in [-0.4, -0.2) is 60.5 Å². The van der Waals surface area contributed by atoms with Gasteiger partial charge < -0.3 is 20.6 Å². The molecule has 1 saturated carbocycles. The largest absolute Gasteiger partial charge is 0.481 e. The van der Waals surface area contributed by atoms with Crippen molar-refractivity contribution in [1.82, 2.24) is 15.5 Å². The van der Waals surface area contributed by atoms with Gasteiger partial charge in [0.1, 0.15) is 0 Å². The average molecular weight is 283 g/mol. The molecule has 0 aromatic heterocycles. The number of amides is 2. The molecular formula is C13H21N3O4. The Hall–Kier alpha value is -1.63. The summed E-state index contributed by atoms with van der Waals surface area (Å²) in [4.78, 5) is 36.6. The van der Waals surface area contributed by atoms with E-state index in [0.29, 0.717) is 25.9 Å². The molecule has 7 heteroatoms. The van der Waals surface area contributed by atoms with Crippen LogP contribution in [0.4, 0.5) is 0 Å². The molecule has 0 aromatic carbocycles. The third-order valence-electron chi connectivity index (χ3n) is 4.05. The molecule has 2 atom stereocenters. The minimum atomic E-state index is -0.920. The zero-order valence-electron chi connectivity index (χ0n) is 11.4. The first-order valence-electron chi connectivity index (χ1n) is 7.08. The van der Waals surface area contributed by atoms with Gasteiger partial charge in [-0.05, 0) is 12.8 Å². The Morgan fingerprint density at radius 3 is 2.45 bits per heavy atom. The number of carbonyl (C=O) groups is 3. The maximum Gasteiger partial charge on any atom is 0.307 e. The lowest BCUT2D eigenvalue weighted by Gasteiger charge is -2.27. The second-order valence-electron chi connectivity index (χ2n) is 5.33. The SMILES string of the molecule is O=C(O)C1CCCC1C(=O)NCC(=O)N1CCNCC1. The van der Waals surface area contributed by atoms with Crippen molar-refractivity contribution in [2.24, 2.45) is 11.8 Å². The number of hydrogen-bond donors (Lipinski definition) is 3. The highest BCUT2D eigenvalue weighted by molar-refractivity contribution is 5.88. The smallest absolute Gasteiger partial charge is 0.307 e.